The molecule has 0 nitrogen and oxygen atoms in total. The number of hydrogen-bond acceptors (Lipinski definition) is 0. The van der Waals surface area contributed by atoms with Gasteiger partial charge in [0.1, 0.15) is 0 Å². The van der Waals surface area contributed by atoms with Crippen molar-refractivity contribution in [3.8, 4) is 0 Å². The van der Waals surface area contributed by atoms with E-state index in [0.29, 0.717) is 11.8 Å². The molecule has 0 aromatic heterocycles. The molecule has 1 aliphatic rings. The topological polar surface area (TPSA) is 0 Å². The van der Waals surface area contributed by atoms with Crippen LogP contribution in [0.3, 0.4) is 0 Å². The van der Waals surface area contributed by atoms with Gasteiger partial charge in [0.05, 0.1) is 0 Å². The van der Waals surface area contributed by atoms with Gasteiger partial charge in [-0.1, -0.05) is 100 Å². The zero-order chi connectivity index (χ0) is 19.0. The first kappa shape index (κ1) is 17.8. The quantitative estimate of drug-likeness (QED) is 0.457. The highest BCUT2D eigenvalue weighted by Gasteiger charge is 2.28. The minimum absolute atomic E-state index is 0.506. The summed E-state index contributed by atoms with van der Waals surface area (Å²) in [4.78, 5) is 0. The van der Waals surface area contributed by atoms with E-state index < -0.39 is 0 Å². The van der Waals surface area contributed by atoms with Crippen LogP contribution in [0.5, 0.6) is 0 Å². The van der Waals surface area contributed by atoms with Crippen molar-refractivity contribution in [1.29, 1.82) is 0 Å². The Labute approximate surface area is 163 Å². The van der Waals surface area contributed by atoms with Crippen molar-refractivity contribution in [1.82, 2.24) is 0 Å². The number of allylic oxidation sites excluding steroid dienone is 1. The molecular weight excluding hydrogens is 324 g/mol. The van der Waals surface area contributed by atoms with Gasteiger partial charge < -0.3 is 0 Å². The number of benzene rings is 3. The fourth-order valence-electron chi connectivity index (χ4n) is 4.22. The first-order valence-electron chi connectivity index (χ1n) is 10.1. The van der Waals surface area contributed by atoms with Gasteiger partial charge in [-0.05, 0) is 62.8 Å². The maximum atomic E-state index is 2.45. The highest BCUT2D eigenvalue weighted by atomic mass is 14.3. The third-order valence-corrected chi connectivity index (χ3v) is 5.67. The second kappa shape index (κ2) is 7.19. The van der Waals surface area contributed by atoms with Gasteiger partial charge in [-0.25, -0.2) is 0 Å². The molecule has 0 spiro atoms. The number of rotatable bonds is 4. The van der Waals surface area contributed by atoms with E-state index in [0.717, 1.165) is 6.42 Å². The summed E-state index contributed by atoms with van der Waals surface area (Å²) in [7, 11) is 0. The van der Waals surface area contributed by atoms with Crippen LogP contribution in [0.25, 0.3) is 11.1 Å². The Morgan fingerprint density at radius 1 is 0.667 bits per heavy atom. The predicted molar refractivity (Wildman–Crippen MR) is 117 cm³/mol. The minimum atomic E-state index is 0.506. The Morgan fingerprint density at radius 2 is 1.26 bits per heavy atom. The van der Waals surface area contributed by atoms with Gasteiger partial charge >= 0.3 is 0 Å². The normalized spacial score (nSPS) is 13.6. The lowest BCUT2D eigenvalue weighted by molar-refractivity contribution is 0.828. The van der Waals surface area contributed by atoms with E-state index >= 15 is 0 Å². The summed E-state index contributed by atoms with van der Waals surface area (Å²) >= 11 is 0. The average Bonchev–Trinajstić information content (AvgIpc) is 3.08. The molecule has 3 aromatic rings. The predicted octanol–water partition coefficient (Wildman–Crippen LogP) is 7.45. The zero-order valence-corrected chi connectivity index (χ0v) is 16.8. The second-order valence-corrected chi connectivity index (χ2v) is 8.22. The lowest BCUT2D eigenvalue weighted by atomic mass is 9.85. The third-order valence-electron chi connectivity index (χ3n) is 5.67. The maximum Gasteiger partial charge on any atom is -0.000707 e. The molecule has 0 unspecified atom stereocenters. The van der Waals surface area contributed by atoms with Gasteiger partial charge in [-0.2, -0.15) is 0 Å². The molecular formula is C27H28. The van der Waals surface area contributed by atoms with Crippen molar-refractivity contribution in [3.63, 3.8) is 0 Å². The average molecular weight is 353 g/mol. The molecule has 0 saturated heterocycles. The Hall–Kier alpha value is -2.60. The number of hydrogen-bond donors (Lipinski definition) is 0. The van der Waals surface area contributed by atoms with Crippen molar-refractivity contribution in [2.75, 3.05) is 0 Å². The van der Waals surface area contributed by atoms with Crippen molar-refractivity contribution in [3.05, 3.63) is 106 Å². The maximum absolute atomic E-state index is 2.45. The van der Waals surface area contributed by atoms with Crippen LogP contribution in [0.2, 0.25) is 0 Å². The molecule has 0 aliphatic heterocycles. The number of fused-ring (bicyclic) bond motifs is 1. The Balaban J connectivity index is 2.01. The molecule has 0 fully saturated rings. The monoisotopic (exact) mass is 352 g/mol. The van der Waals surface area contributed by atoms with Crippen LogP contribution >= 0.6 is 0 Å². The standard InChI is InChI=1S/C27H28/c1-18(2)22-15-23-17-25(20-11-7-5-8-12-20)26(21-13-9-6-10-14-21)27(23)24(16-22)19(3)4/h5-16,18-19H,17H2,1-4H3. The van der Waals surface area contributed by atoms with Crippen LogP contribution in [0.1, 0.15) is 72.9 Å². The van der Waals surface area contributed by atoms with Gasteiger partial charge in [0.2, 0.25) is 0 Å². The fraction of sp³-hybridized carbons (Fsp3) is 0.259. The van der Waals surface area contributed by atoms with E-state index in [2.05, 4.69) is 100 Å². The molecule has 0 saturated carbocycles. The van der Waals surface area contributed by atoms with E-state index in [9.17, 15) is 0 Å². The lowest BCUT2D eigenvalue weighted by Crippen LogP contribution is -2.01. The van der Waals surface area contributed by atoms with Gasteiger partial charge in [-0.15, -0.1) is 0 Å². The molecule has 1 aliphatic carbocycles. The van der Waals surface area contributed by atoms with Crippen molar-refractivity contribution in [2.24, 2.45) is 0 Å². The van der Waals surface area contributed by atoms with E-state index in [1.54, 1.807) is 0 Å². The van der Waals surface area contributed by atoms with Crippen LogP contribution in [0.15, 0.2) is 72.8 Å². The summed E-state index contributed by atoms with van der Waals surface area (Å²) < 4.78 is 0. The van der Waals surface area contributed by atoms with Gasteiger partial charge in [-0.3, -0.25) is 0 Å². The third kappa shape index (κ3) is 3.25. The molecule has 4 rings (SSSR count). The van der Waals surface area contributed by atoms with Gasteiger partial charge in [0.25, 0.3) is 0 Å². The Bertz CT molecular complexity index is 973. The summed E-state index contributed by atoms with van der Waals surface area (Å²) in [5.74, 6) is 1.06. The van der Waals surface area contributed by atoms with Crippen LogP contribution in [-0.4, -0.2) is 0 Å². The SMILES string of the molecule is CC(C)c1cc2c(c(C(C)C)c1)C(c1ccccc1)=C(c1ccccc1)C2. The lowest BCUT2D eigenvalue weighted by Gasteiger charge is -2.19. The molecule has 0 amide bonds. The molecule has 136 valence electrons. The van der Waals surface area contributed by atoms with E-state index in [1.165, 1.54) is 44.5 Å². The summed E-state index contributed by atoms with van der Waals surface area (Å²) in [5.41, 5.74) is 11.5. The summed E-state index contributed by atoms with van der Waals surface area (Å²) in [6.45, 7) is 9.24. The Morgan fingerprint density at radius 3 is 1.81 bits per heavy atom. The molecule has 0 heterocycles. The molecule has 0 atom stereocenters. The second-order valence-electron chi connectivity index (χ2n) is 8.22. The summed E-state index contributed by atoms with van der Waals surface area (Å²) in [6, 6.07) is 26.7. The van der Waals surface area contributed by atoms with E-state index in [4.69, 9.17) is 0 Å². The fourth-order valence-corrected chi connectivity index (χ4v) is 4.22. The Kier molecular flexibility index (Phi) is 4.74. The largest absolute Gasteiger partial charge is 0.0622 e. The summed E-state index contributed by atoms with van der Waals surface area (Å²) in [6.07, 6.45) is 1.02. The van der Waals surface area contributed by atoms with Crippen LogP contribution < -0.4 is 0 Å². The zero-order valence-electron chi connectivity index (χ0n) is 16.8. The van der Waals surface area contributed by atoms with E-state index in [1.807, 2.05) is 0 Å². The van der Waals surface area contributed by atoms with Gasteiger partial charge in [0, 0.05) is 0 Å². The van der Waals surface area contributed by atoms with E-state index in [-0.39, 0.29) is 0 Å². The van der Waals surface area contributed by atoms with Crippen molar-refractivity contribution >= 4 is 11.1 Å². The van der Waals surface area contributed by atoms with Gasteiger partial charge in [0.15, 0.2) is 0 Å². The highest BCUT2D eigenvalue weighted by Crippen LogP contribution is 2.46. The molecule has 3 aromatic carbocycles. The van der Waals surface area contributed by atoms with Crippen LogP contribution in [0.4, 0.5) is 0 Å². The van der Waals surface area contributed by atoms with Crippen LogP contribution in [-0.2, 0) is 6.42 Å². The summed E-state index contributed by atoms with van der Waals surface area (Å²) in [5, 5.41) is 0. The minimum Gasteiger partial charge on any atom is -0.0622 e. The van der Waals surface area contributed by atoms with Crippen molar-refractivity contribution < 1.29 is 0 Å². The van der Waals surface area contributed by atoms with Crippen LogP contribution in [0, 0.1) is 0 Å². The van der Waals surface area contributed by atoms with Crippen molar-refractivity contribution in [2.45, 2.75) is 46.0 Å². The molecule has 27 heavy (non-hydrogen) atoms. The molecule has 0 bridgehead atoms. The molecule has 0 N–H and O–H groups in total. The molecule has 0 radical (unpaired) electrons. The molecule has 0 heteroatoms. The first-order chi connectivity index (χ1) is 13.1. The first-order valence-corrected chi connectivity index (χ1v) is 10.1. The highest BCUT2D eigenvalue weighted by molar-refractivity contribution is 6.04. The smallest absolute Gasteiger partial charge is 0.000707 e.